The molecule has 0 aliphatic heterocycles. The maximum Gasteiger partial charge on any atom is 0.253 e. The van der Waals surface area contributed by atoms with Gasteiger partial charge in [-0.2, -0.15) is 0 Å². The molecule has 2 N–H and O–H groups in total. The summed E-state index contributed by atoms with van der Waals surface area (Å²) >= 11 is 6.14. The minimum absolute atomic E-state index is 0.398. The summed E-state index contributed by atoms with van der Waals surface area (Å²) in [6, 6.07) is 14.2. The minimum atomic E-state index is -1.16. The Bertz CT molecular complexity index is 631. The van der Waals surface area contributed by atoms with Gasteiger partial charge in [-0.15, -0.1) is 0 Å². The summed E-state index contributed by atoms with van der Waals surface area (Å²) in [5.74, 6) is 0.271. The molecule has 0 aliphatic rings. The Morgan fingerprint density at radius 2 is 2.00 bits per heavy atom. The Morgan fingerprint density at radius 3 is 2.64 bits per heavy atom. The van der Waals surface area contributed by atoms with Crippen molar-refractivity contribution >= 4 is 17.5 Å². The number of carbonyl (C=O) groups is 1. The number of aliphatic hydroxyl groups excluding tert-OH is 1. The Hall–Kier alpha value is -2.04. The Labute approximate surface area is 134 Å². The van der Waals surface area contributed by atoms with Crippen LogP contribution in [-0.2, 0) is 11.2 Å². The van der Waals surface area contributed by atoms with Gasteiger partial charge in [-0.05, 0) is 29.7 Å². The Balaban J connectivity index is 1.87. The van der Waals surface area contributed by atoms with Gasteiger partial charge in [0, 0.05) is 11.6 Å². The van der Waals surface area contributed by atoms with Crippen LogP contribution in [0.1, 0.15) is 17.2 Å². The Morgan fingerprint density at radius 1 is 1.27 bits per heavy atom. The maximum absolute atomic E-state index is 11.9. The van der Waals surface area contributed by atoms with Crippen molar-refractivity contribution < 1.29 is 14.6 Å². The third-order valence-corrected chi connectivity index (χ3v) is 3.67. The number of aliphatic hydroxyl groups is 1. The number of benzene rings is 2. The van der Waals surface area contributed by atoms with Crippen LogP contribution in [0.3, 0.4) is 0 Å². The molecule has 4 nitrogen and oxygen atoms in total. The second-order valence-electron chi connectivity index (χ2n) is 4.81. The van der Waals surface area contributed by atoms with Gasteiger partial charge in [0.15, 0.2) is 6.10 Å². The molecule has 1 unspecified atom stereocenters. The van der Waals surface area contributed by atoms with Gasteiger partial charge in [0.05, 0.1) is 7.11 Å². The third-order valence-electron chi connectivity index (χ3n) is 3.32. The molecule has 2 aromatic carbocycles. The molecule has 1 amide bonds. The van der Waals surface area contributed by atoms with Crippen LogP contribution in [0.2, 0.25) is 5.02 Å². The fourth-order valence-electron chi connectivity index (χ4n) is 2.06. The van der Waals surface area contributed by atoms with Gasteiger partial charge in [-0.3, -0.25) is 4.79 Å². The van der Waals surface area contributed by atoms with Crippen LogP contribution < -0.4 is 10.1 Å². The first-order valence-corrected chi connectivity index (χ1v) is 7.32. The van der Waals surface area contributed by atoms with E-state index in [9.17, 15) is 9.90 Å². The van der Waals surface area contributed by atoms with Crippen molar-refractivity contribution in [3.8, 4) is 5.75 Å². The number of halogens is 1. The smallest absolute Gasteiger partial charge is 0.253 e. The van der Waals surface area contributed by atoms with Crippen molar-refractivity contribution in [2.75, 3.05) is 13.7 Å². The molecule has 0 aromatic heterocycles. The van der Waals surface area contributed by atoms with Crippen molar-refractivity contribution in [3.63, 3.8) is 0 Å². The topological polar surface area (TPSA) is 58.6 Å². The van der Waals surface area contributed by atoms with Gasteiger partial charge in [-0.1, -0.05) is 48.0 Å². The molecule has 0 heterocycles. The third kappa shape index (κ3) is 4.23. The van der Waals surface area contributed by atoms with Gasteiger partial charge in [0.1, 0.15) is 5.75 Å². The molecule has 22 heavy (non-hydrogen) atoms. The van der Waals surface area contributed by atoms with Gasteiger partial charge in [-0.25, -0.2) is 0 Å². The molecule has 116 valence electrons. The Kier molecular flexibility index (Phi) is 5.81. The first-order chi connectivity index (χ1) is 10.6. The number of hydrogen-bond acceptors (Lipinski definition) is 3. The summed E-state index contributed by atoms with van der Waals surface area (Å²) in [7, 11) is 1.58. The first kappa shape index (κ1) is 16.3. The number of nitrogens with one attached hydrogen (secondary N) is 1. The monoisotopic (exact) mass is 319 g/mol. The summed E-state index contributed by atoms with van der Waals surface area (Å²) in [6.07, 6.45) is -0.580. The van der Waals surface area contributed by atoms with Crippen LogP contribution in [0.5, 0.6) is 5.75 Å². The fourth-order valence-corrected chi connectivity index (χ4v) is 2.33. The number of hydrogen-bond donors (Lipinski definition) is 2. The number of methoxy groups -OCH3 is 1. The van der Waals surface area contributed by atoms with E-state index in [0.717, 1.165) is 5.56 Å². The van der Waals surface area contributed by atoms with E-state index in [0.29, 0.717) is 29.3 Å². The van der Waals surface area contributed by atoms with Gasteiger partial charge in [0.2, 0.25) is 0 Å². The second-order valence-corrected chi connectivity index (χ2v) is 5.22. The van der Waals surface area contributed by atoms with Crippen LogP contribution in [0.25, 0.3) is 0 Å². The SMILES string of the molecule is COc1ccc(CCNC(=O)C(O)c2ccccc2)c(Cl)c1. The lowest BCUT2D eigenvalue weighted by atomic mass is 10.1. The average Bonchev–Trinajstić information content (AvgIpc) is 2.56. The lowest BCUT2D eigenvalue weighted by Crippen LogP contribution is -2.31. The minimum Gasteiger partial charge on any atom is -0.497 e. The molecule has 2 aromatic rings. The molecule has 0 bridgehead atoms. The zero-order chi connectivity index (χ0) is 15.9. The predicted molar refractivity (Wildman–Crippen MR) is 86.1 cm³/mol. The first-order valence-electron chi connectivity index (χ1n) is 6.95. The largest absolute Gasteiger partial charge is 0.497 e. The zero-order valence-electron chi connectivity index (χ0n) is 12.3. The molecule has 0 radical (unpaired) electrons. The van der Waals surface area contributed by atoms with E-state index < -0.39 is 12.0 Å². The number of carbonyl (C=O) groups excluding carboxylic acids is 1. The maximum atomic E-state index is 11.9. The van der Waals surface area contributed by atoms with E-state index in [1.165, 1.54) is 0 Å². The second kappa shape index (κ2) is 7.82. The van der Waals surface area contributed by atoms with Crippen molar-refractivity contribution in [2.24, 2.45) is 0 Å². The number of amides is 1. The summed E-state index contributed by atoms with van der Waals surface area (Å²) < 4.78 is 5.09. The van der Waals surface area contributed by atoms with Crippen molar-refractivity contribution in [3.05, 3.63) is 64.7 Å². The molecule has 0 fully saturated rings. The van der Waals surface area contributed by atoms with Crippen LogP contribution >= 0.6 is 11.6 Å². The van der Waals surface area contributed by atoms with E-state index in [1.807, 2.05) is 18.2 Å². The van der Waals surface area contributed by atoms with Crippen molar-refractivity contribution in [1.29, 1.82) is 0 Å². The number of rotatable bonds is 6. The highest BCUT2D eigenvalue weighted by atomic mass is 35.5. The van der Waals surface area contributed by atoms with Crippen LogP contribution in [0, 0.1) is 0 Å². The predicted octanol–water partition coefficient (Wildman–Crippen LogP) is 2.74. The van der Waals surface area contributed by atoms with Crippen LogP contribution in [0.4, 0.5) is 0 Å². The lowest BCUT2D eigenvalue weighted by Gasteiger charge is -2.12. The van der Waals surface area contributed by atoms with Gasteiger partial charge >= 0.3 is 0 Å². The average molecular weight is 320 g/mol. The summed E-state index contributed by atoms with van der Waals surface area (Å²) in [5.41, 5.74) is 1.49. The van der Waals surface area contributed by atoms with Crippen LogP contribution in [0.15, 0.2) is 48.5 Å². The van der Waals surface area contributed by atoms with Crippen molar-refractivity contribution in [1.82, 2.24) is 5.32 Å². The standard InChI is InChI=1S/C17H18ClNO3/c1-22-14-8-7-12(15(18)11-14)9-10-19-17(21)16(20)13-5-3-2-4-6-13/h2-8,11,16,20H,9-10H2,1H3,(H,19,21). The van der Waals surface area contributed by atoms with E-state index in [4.69, 9.17) is 16.3 Å². The normalized spacial score (nSPS) is 11.8. The van der Waals surface area contributed by atoms with Crippen LogP contribution in [-0.4, -0.2) is 24.7 Å². The highest BCUT2D eigenvalue weighted by molar-refractivity contribution is 6.31. The summed E-state index contributed by atoms with van der Waals surface area (Å²) in [6.45, 7) is 0.398. The van der Waals surface area contributed by atoms with Gasteiger partial charge in [0.25, 0.3) is 5.91 Å². The molecule has 0 spiro atoms. The van der Waals surface area contributed by atoms with E-state index in [-0.39, 0.29) is 0 Å². The van der Waals surface area contributed by atoms with Crippen molar-refractivity contribution in [2.45, 2.75) is 12.5 Å². The molecular weight excluding hydrogens is 302 g/mol. The molecule has 1 atom stereocenters. The molecule has 0 aliphatic carbocycles. The molecule has 0 saturated heterocycles. The van der Waals surface area contributed by atoms with Gasteiger partial charge < -0.3 is 15.2 Å². The summed E-state index contributed by atoms with van der Waals surface area (Å²) in [4.78, 5) is 11.9. The summed E-state index contributed by atoms with van der Waals surface area (Å²) in [5, 5.41) is 13.3. The zero-order valence-corrected chi connectivity index (χ0v) is 13.0. The van der Waals surface area contributed by atoms with E-state index in [2.05, 4.69) is 5.32 Å². The molecular formula is C17H18ClNO3. The highest BCUT2D eigenvalue weighted by Gasteiger charge is 2.16. The molecule has 5 heteroatoms. The van der Waals surface area contributed by atoms with E-state index >= 15 is 0 Å². The molecule has 2 rings (SSSR count). The fraction of sp³-hybridized carbons (Fsp3) is 0.235. The lowest BCUT2D eigenvalue weighted by molar-refractivity contribution is -0.129. The quantitative estimate of drug-likeness (QED) is 0.860. The van der Waals surface area contributed by atoms with E-state index in [1.54, 1.807) is 37.4 Å². The highest BCUT2D eigenvalue weighted by Crippen LogP contribution is 2.22. The number of ether oxygens (including phenoxy) is 1. The molecule has 0 saturated carbocycles.